The minimum absolute atomic E-state index is 0. The lowest BCUT2D eigenvalue weighted by atomic mass is 10.2. The first-order valence-electron chi connectivity index (χ1n) is 7.05. The Bertz CT molecular complexity index is 614. The summed E-state index contributed by atoms with van der Waals surface area (Å²) < 4.78 is 23.6. The normalized spacial score (nSPS) is 11.4. The molecule has 1 amide bonds. The Labute approximate surface area is 140 Å². The maximum Gasteiger partial charge on any atom is 0.286 e. The van der Waals surface area contributed by atoms with Gasteiger partial charge in [0.15, 0.2) is 5.76 Å². The highest BCUT2D eigenvalue weighted by atomic mass is 35.5. The fourth-order valence-corrected chi connectivity index (χ4v) is 1.76. The summed E-state index contributed by atoms with van der Waals surface area (Å²) >= 11 is 0. The van der Waals surface area contributed by atoms with Crippen molar-refractivity contribution >= 4 is 18.3 Å². The van der Waals surface area contributed by atoms with E-state index in [2.05, 4.69) is 5.32 Å². The molecule has 0 aliphatic rings. The molecule has 1 aromatic heterocycles. The van der Waals surface area contributed by atoms with Gasteiger partial charge < -0.3 is 20.2 Å². The van der Waals surface area contributed by atoms with Crippen LogP contribution in [0.1, 0.15) is 29.7 Å². The topological polar surface area (TPSA) is 77.5 Å². The Kier molecular flexibility index (Phi) is 7.57. The van der Waals surface area contributed by atoms with E-state index in [1.54, 1.807) is 12.1 Å². The third kappa shape index (κ3) is 6.30. The largest absolute Gasteiger partial charge is 0.486 e. The molecule has 1 unspecified atom stereocenters. The standard InChI is InChI=1S/C16H19FN2O3.ClH/c1-11(18)8-9-19-16(20)15-7-6-14(22-15)10-21-13-4-2-12(17)3-5-13;/h2-7,11H,8-10,18H2,1H3,(H,19,20);1H. The Morgan fingerprint density at radius 2 is 2.00 bits per heavy atom. The molecule has 2 rings (SSSR count). The highest BCUT2D eigenvalue weighted by Crippen LogP contribution is 2.15. The first kappa shape index (κ1) is 19.0. The highest BCUT2D eigenvalue weighted by molar-refractivity contribution is 5.91. The maximum absolute atomic E-state index is 12.8. The van der Waals surface area contributed by atoms with Gasteiger partial charge in [0, 0.05) is 12.6 Å². The molecule has 1 aromatic carbocycles. The molecule has 0 aliphatic carbocycles. The zero-order chi connectivity index (χ0) is 15.9. The Morgan fingerprint density at radius 1 is 1.30 bits per heavy atom. The van der Waals surface area contributed by atoms with E-state index in [-0.39, 0.29) is 42.5 Å². The molecule has 3 N–H and O–H groups in total. The average molecular weight is 343 g/mol. The molecular formula is C16H20ClFN2O3. The molecule has 0 bridgehead atoms. The molecule has 0 aliphatic heterocycles. The summed E-state index contributed by atoms with van der Waals surface area (Å²) in [6.07, 6.45) is 0.701. The Morgan fingerprint density at radius 3 is 2.65 bits per heavy atom. The maximum atomic E-state index is 12.8. The van der Waals surface area contributed by atoms with Crippen LogP contribution in [0.2, 0.25) is 0 Å². The molecule has 0 fully saturated rings. The molecule has 5 nitrogen and oxygen atoms in total. The van der Waals surface area contributed by atoms with Crippen LogP contribution in [-0.2, 0) is 6.61 Å². The molecule has 0 saturated carbocycles. The van der Waals surface area contributed by atoms with Gasteiger partial charge in [-0.2, -0.15) is 0 Å². The molecule has 2 aromatic rings. The molecule has 0 spiro atoms. The summed E-state index contributed by atoms with van der Waals surface area (Å²) in [4.78, 5) is 11.8. The fourth-order valence-electron chi connectivity index (χ4n) is 1.76. The number of hydrogen-bond acceptors (Lipinski definition) is 4. The van der Waals surface area contributed by atoms with E-state index in [9.17, 15) is 9.18 Å². The zero-order valence-electron chi connectivity index (χ0n) is 12.8. The number of ether oxygens (including phenoxy) is 1. The molecular weight excluding hydrogens is 323 g/mol. The van der Waals surface area contributed by atoms with Crippen molar-refractivity contribution in [2.75, 3.05) is 6.54 Å². The van der Waals surface area contributed by atoms with Crippen LogP contribution in [0, 0.1) is 5.82 Å². The van der Waals surface area contributed by atoms with Gasteiger partial charge in [-0.1, -0.05) is 0 Å². The summed E-state index contributed by atoms with van der Waals surface area (Å²) in [5.74, 6) is 0.662. The van der Waals surface area contributed by atoms with Gasteiger partial charge in [0.25, 0.3) is 5.91 Å². The molecule has 1 heterocycles. The quantitative estimate of drug-likeness (QED) is 0.811. The smallest absolute Gasteiger partial charge is 0.286 e. The minimum atomic E-state index is -0.323. The monoisotopic (exact) mass is 342 g/mol. The Hall–Kier alpha value is -2.05. The van der Waals surface area contributed by atoms with Crippen molar-refractivity contribution in [1.82, 2.24) is 5.32 Å². The van der Waals surface area contributed by atoms with Gasteiger partial charge in [-0.15, -0.1) is 12.4 Å². The van der Waals surface area contributed by atoms with Gasteiger partial charge in [-0.3, -0.25) is 4.79 Å². The number of amides is 1. The number of halogens is 2. The zero-order valence-corrected chi connectivity index (χ0v) is 13.6. The first-order chi connectivity index (χ1) is 10.5. The van der Waals surface area contributed by atoms with Crippen molar-refractivity contribution < 1.29 is 18.3 Å². The van der Waals surface area contributed by atoms with Gasteiger partial charge in [0.2, 0.25) is 0 Å². The molecule has 7 heteroatoms. The van der Waals surface area contributed by atoms with E-state index >= 15 is 0 Å². The second-order valence-corrected chi connectivity index (χ2v) is 5.03. The van der Waals surface area contributed by atoms with Gasteiger partial charge >= 0.3 is 0 Å². The number of nitrogens with two attached hydrogens (primary N) is 1. The molecule has 126 valence electrons. The number of benzene rings is 1. The van der Waals surface area contributed by atoms with Crippen LogP contribution in [0.3, 0.4) is 0 Å². The fraction of sp³-hybridized carbons (Fsp3) is 0.312. The van der Waals surface area contributed by atoms with Crippen LogP contribution < -0.4 is 15.8 Å². The summed E-state index contributed by atoms with van der Waals surface area (Å²) in [5, 5.41) is 2.73. The summed E-state index contributed by atoms with van der Waals surface area (Å²) in [6.45, 7) is 2.54. The van der Waals surface area contributed by atoms with Crippen LogP contribution in [0.25, 0.3) is 0 Å². The summed E-state index contributed by atoms with van der Waals surface area (Å²) in [7, 11) is 0. The van der Waals surface area contributed by atoms with E-state index in [0.29, 0.717) is 24.5 Å². The van der Waals surface area contributed by atoms with E-state index in [1.807, 2.05) is 6.92 Å². The molecule has 0 radical (unpaired) electrons. The molecule has 23 heavy (non-hydrogen) atoms. The third-order valence-corrected chi connectivity index (χ3v) is 2.97. The Balaban J connectivity index is 0.00000264. The van der Waals surface area contributed by atoms with Crippen LogP contribution in [0.5, 0.6) is 5.75 Å². The van der Waals surface area contributed by atoms with Crippen LogP contribution in [-0.4, -0.2) is 18.5 Å². The van der Waals surface area contributed by atoms with Gasteiger partial charge in [0.1, 0.15) is 23.9 Å². The van der Waals surface area contributed by atoms with Crippen molar-refractivity contribution in [3.63, 3.8) is 0 Å². The van der Waals surface area contributed by atoms with Crippen LogP contribution >= 0.6 is 12.4 Å². The minimum Gasteiger partial charge on any atom is -0.486 e. The number of nitrogens with one attached hydrogen (secondary N) is 1. The van der Waals surface area contributed by atoms with E-state index < -0.39 is 0 Å². The lowest BCUT2D eigenvalue weighted by Crippen LogP contribution is -2.28. The lowest BCUT2D eigenvalue weighted by Gasteiger charge is -2.06. The SMILES string of the molecule is CC(N)CCNC(=O)c1ccc(COc2ccc(F)cc2)o1.Cl. The van der Waals surface area contributed by atoms with Gasteiger partial charge in [-0.25, -0.2) is 4.39 Å². The predicted octanol–water partition coefficient (Wildman–Crippen LogP) is 2.89. The van der Waals surface area contributed by atoms with Crippen molar-refractivity contribution in [1.29, 1.82) is 0 Å². The highest BCUT2D eigenvalue weighted by Gasteiger charge is 2.11. The van der Waals surface area contributed by atoms with E-state index in [1.165, 1.54) is 24.3 Å². The van der Waals surface area contributed by atoms with Crippen molar-refractivity contribution in [3.05, 3.63) is 53.7 Å². The van der Waals surface area contributed by atoms with E-state index in [0.717, 1.165) is 0 Å². The van der Waals surface area contributed by atoms with Crippen molar-refractivity contribution in [2.45, 2.75) is 26.0 Å². The molecule has 0 saturated heterocycles. The number of carbonyl (C=O) groups excluding carboxylic acids is 1. The summed E-state index contributed by atoms with van der Waals surface area (Å²) in [6, 6.07) is 8.98. The van der Waals surface area contributed by atoms with E-state index in [4.69, 9.17) is 14.9 Å². The number of furan rings is 1. The van der Waals surface area contributed by atoms with Crippen molar-refractivity contribution in [3.8, 4) is 5.75 Å². The summed E-state index contributed by atoms with van der Waals surface area (Å²) in [5.41, 5.74) is 5.61. The first-order valence-corrected chi connectivity index (χ1v) is 7.05. The lowest BCUT2D eigenvalue weighted by molar-refractivity contribution is 0.0921. The van der Waals surface area contributed by atoms with Gasteiger partial charge in [-0.05, 0) is 49.7 Å². The molecule has 1 atom stereocenters. The average Bonchev–Trinajstić information content (AvgIpc) is 2.95. The second-order valence-electron chi connectivity index (χ2n) is 5.03. The third-order valence-electron chi connectivity index (χ3n) is 2.97. The van der Waals surface area contributed by atoms with Gasteiger partial charge in [0.05, 0.1) is 0 Å². The predicted molar refractivity (Wildman–Crippen MR) is 87.3 cm³/mol. The van der Waals surface area contributed by atoms with Crippen molar-refractivity contribution in [2.24, 2.45) is 5.73 Å². The van der Waals surface area contributed by atoms with Crippen LogP contribution in [0.15, 0.2) is 40.8 Å². The van der Waals surface area contributed by atoms with Crippen LogP contribution in [0.4, 0.5) is 4.39 Å². The number of carbonyl (C=O) groups is 1. The number of rotatable bonds is 7. The number of hydrogen-bond donors (Lipinski definition) is 2. The second kappa shape index (κ2) is 9.17.